The second kappa shape index (κ2) is 4.30. The lowest BCUT2D eigenvalue weighted by Gasteiger charge is -2.43. The van der Waals surface area contributed by atoms with Gasteiger partial charge in [-0.1, -0.05) is 50.0 Å². The number of cyclic esters (lactones) is 1. The molecule has 0 saturated carbocycles. The summed E-state index contributed by atoms with van der Waals surface area (Å²) in [5, 5.41) is 0. The molecule has 1 heterocycles. The fraction of sp³-hybridized carbons (Fsp3) is 0.500. The summed E-state index contributed by atoms with van der Waals surface area (Å²) < 4.78 is 5.13. The minimum Gasteiger partial charge on any atom is -0.461 e. The second-order valence-corrected chi connectivity index (χ2v) is 11.3. The number of hydrogen-bond acceptors (Lipinski definition) is 2. The zero-order valence-electron chi connectivity index (χ0n) is 10.9. The number of carbonyl (C=O) groups excluding carboxylic acids is 1. The first-order chi connectivity index (χ1) is 7.91. The zero-order chi connectivity index (χ0) is 12.6. The van der Waals surface area contributed by atoms with Gasteiger partial charge in [0.05, 0.1) is 14.0 Å². The lowest BCUT2D eigenvalue weighted by atomic mass is 9.90. The van der Waals surface area contributed by atoms with E-state index in [1.165, 1.54) is 5.56 Å². The molecule has 1 aliphatic heterocycles. The van der Waals surface area contributed by atoms with Gasteiger partial charge in [-0.05, 0) is 18.0 Å². The van der Waals surface area contributed by atoms with Crippen molar-refractivity contribution in [2.24, 2.45) is 5.92 Å². The number of ether oxygens (including phenoxy) is 1. The van der Waals surface area contributed by atoms with E-state index in [1.807, 2.05) is 13.0 Å². The van der Waals surface area contributed by atoms with Crippen molar-refractivity contribution in [3.05, 3.63) is 35.9 Å². The van der Waals surface area contributed by atoms with Gasteiger partial charge < -0.3 is 4.74 Å². The Hall–Kier alpha value is -1.09. The molecule has 3 atom stereocenters. The highest BCUT2D eigenvalue weighted by Crippen LogP contribution is 2.41. The molecule has 3 heteroatoms. The van der Waals surface area contributed by atoms with Gasteiger partial charge in [0, 0.05) is 0 Å². The van der Waals surface area contributed by atoms with E-state index in [0.29, 0.717) is 5.54 Å². The first-order valence-corrected chi connectivity index (χ1v) is 9.74. The maximum absolute atomic E-state index is 11.7. The van der Waals surface area contributed by atoms with Crippen LogP contribution < -0.4 is 0 Å². The van der Waals surface area contributed by atoms with E-state index >= 15 is 0 Å². The molecule has 0 aromatic heterocycles. The Bertz CT molecular complexity index is 408. The van der Waals surface area contributed by atoms with Gasteiger partial charge in [-0.3, -0.25) is 4.79 Å². The Morgan fingerprint density at radius 3 is 2.18 bits per heavy atom. The molecule has 1 fully saturated rings. The van der Waals surface area contributed by atoms with E-state index in [1.54, 1.807) is 0 Å². The van der Waals surface area contributed by atoms with Crippen LogP contribution in [0.15, 0.2) is 30.3 Å². The molecule has 0 unspecified atom stereocenters. The number of hydrogen-bond donors (Lipinski definition) is 0. The SMILES string of the molecule is C[C@@H]1OC(=O)[C@@H]1[C@H](c1ccccc1)[Si](C)(C)C. The van der Waals surface area contributed by atoms with Gasteiger partial charge in [0.15, 0.2) is 0 Å². The van der Waals surface area contributed by atoms with E-state index in [0.717, 1.165) is 0 Å². The van der Waals surface area contributed by atoms with Gasteiger partial charge in [0.2, 0.25) is 0 Å². The van der Waals surface area contributed by atoms with Crippen molar-refractivity contribution in [3.8, 4) is 0 Å². The molecule has 17 heavy (non-hydrogen) atoms. The third-order valence-corrected chi connectivity index (χ3v) is 6.09. The molecule has 0 spiro atoms. The molecular weight excluding hydrogens is 228 g/mol. The molecular formula is C14H20O2Si. The molecule has 0 bridgehead atoms. The smallest absolute Gasteiger partial charge is 0.313 e. The van der Waals surface area contributed by atoms with Gasteiger partial charge in [-0.15, -0.1) is 0 Å². The fourth-order valence-corrected chi connectivity index (χ4v) is 5.44. The van der Waals surface area contributed by atoms with E-state index in [-0.39, 0.29) is 18.0 Å². The summed E-state index contributed by atoms with van der Waals surface area (Å²) in [6.07, 6.45) is 0.0689. The Morgan fingerprint density at radius 1 is 1.18 bits per heavy atom. The maximum Gasteiger partial charge on any atom is 0.313 e. The van der Waals surface area contributed by atoms with Crippen molar-refractivity contribution in [1.82, 2.24) is 0 Å². The van der Waals surface area contributed by atoms with Gasteiger partial charge in [0.1, 0.15) is 6.10 Å². The molecule has 0 radical (unpaired) electrons. The summed E-state index contributed by atoms with van der Waals surface area (Å²) in [6.45, 7) is 8.97. The number of benzene rings is 1. The van der Waals surface area contributed by atoms with Crippen molar-refractivity contribution in [2.45, 2.75) is 38.2 Å². The first kappa shape index (κ1) is 12.4. The minimum atomic E-state index is -1.44. The normalized spacial score (nSPS) is 26.0. The zero-order valence-corrected chi connectivity index (χ0v) is 11.9. The van der Waals surface area contributed by atoms with Crippen LogP contribution in [0.25, 0.3) is 0 Å². The molecule has 0 amide bonds. The summed E-state index contributed by atoms with van der Waals surface area (Å²) in [6, 6.07) is 10.4. The lowest BCUT2D eigenvalue weighted by molar-refractivity contribution is -0.182. The van der Waals surface area contributed by atoms with E-state index in [2.05, 4.69) is 43.9 Å². The van der Waals surface area contributed by atoms with Gasteiger partial charge in [-0.2, -0.15) is 0 Å². The van der Waals surface area contributed by atoms with Crippen LogP contribution in [-0.2, 0) is 9.53 Å². The Morgan fingerprint density at radius 2 is 1.76 bits per heavy atom. The van der Waals surface area contributed by atoms with Crippen LogP contribution >= 0.6 is 0 Å². The Balaban J connectivity index is 2.36. The standard InChI is InChI=1S/C14H20O2Si/c1-10-12(14(15)16-10)13(17(2,3)4)11-8-6-5-7-9-11/h5-10,12-13H,1-4H3/t10-,12-,13-/m0/s1. The van der Waals surface area contributed by atoms with Crippen LogP contribution in [0.3, 0.4) is 0 Å². The summed E-state index contributed by atoms with van der Waals surface area (Å²) >= 11 is 0. The largest absolute Gasteiger partial charge is 0.461 e. The molecule has 1 aromatic carbocycles. The summed E-state index contributed by atoms with van der Waals surface area (Å²) in [7, 11) is -1.44. The van der Waals surface area contributed by atoms with Crippen molar-refractivity contribution < 1.29 is 9.53 Å². The molecule has 0 N–H and O–H groups in total. The average molecular weight is 248 g/mol. The number of rotatable bonds is 3. The van der Waals surface area contributed by atoms with Gasteiger partial charge in [0.25, 0.3) is 0 Å². The average Bonchev–Trinajstić information content (AvgIpc) is 2.25. The monoisotopic (exact) mass is 248 g/mol. The van der Waals surface area contributed by atoms with Crippen LogP contribution in [0, 0.1) is 5.92 Å². The molecule has 0 aliphatic carbocycles. The molecule has 2 nitrogen and oxygen atoms in total. The third kappa shape index (κ3) is 2.29. The van der Waals surface area contributed by atoms with E-state index in [9.17, 15) is 4.79 Å². The van der Waals surface area contributed by atoms with Crippen LogP contribution in [0.5, 0.6) is 0 Å². The molecule has 1 saturated heterocycles. The number of carbonyl (C=O) groups is 1. The predicted octanol–water partition coefficient (Wildman–Crippen LogP) is 3.21. The first-order valence-electron chi connectivity index (χ1n) is 6.16. The van der Waals surface area contributed by atoms with Crippen molar-refractivity contribution in [1.29, 1.82) is 0 Å². The number of esters is 1. The molecule has 2 rings (SSSR count). The van der Waals surface area contributed by atoms with Gasteiger partial charge >= 0.3 is 5.97 Å². The van der Waals surface area contributed by atoms with E-state index in [4.69, 9.17) is 4.74 Å². The van der Waals surface area contributed by atoms with Crippen LogP contribution in [-0.4, -0.2) is 20.1 Å². The second-order valence-electron chi connectivity index (χ2n) is 5.92. The van der Waals surface area contributed by atoms with Crippen molar-refractivity contribution in [2.75, 3.05) is 0 Å². The Kier molecular flexibility index (Phi) is 3.12. The minimum absolute atomic E-state index is 0.0196. The third-order valence-electron chi connectivity index (χ3n) is 3.53. The highest BCUT2D eigenvalue weighted by atomic mass is 28.3. The lowest BCUT2D eigenvalue weighted by Crippen LogP contribution is -2.52. The van der Waals surface area contributed by atoms with Crippen LogP contribution in [0.1, 0.15) is 18.0 Å². The fourth-order valence-electron chi connectivity index (χ4n) is 2.77. The topological polar surface area (TPSA) is 26.3 Å². The molecule has 1 aromatic rings. The molecule has 92 valence electrons. The maximum atomic E-state index is 11.7. The summed E-state index contributed by atoms with van der Waals surface area (Å²) in [5.74, 6) is 0.0397. The van der Waals surface area contributed by atoms with E-state index < -0.39 is 8.07 Å². The Labute approximate surface area is 104 Å². The molecule has 1 aliphatic rings. The highest BCUT2D eigenvalue weighted by molar-refractivity contribution is 6.77. The van der Waals surface area contributed by atoms with Gasteiger partial charge in [-0.25, -0.2) is 0 Å². The van der Waals surface area contributed by atoms with Crippen LogP contribution in [0.2, 0.25) is 19.6 Å². The van der Waals surface area contributed by atoms with Crippen LogP contribution in [0.4, 0.5) is 0 Å². The highest BCUT2D eigenvalue weighted by Gasteiger charge is 2.49. The quantitative estimate of drug-likeness (QED) is 0.606. The summed E-state index contributed by atoms with van der Waals surface area (Å²) in [4.78, 5) is 11.7. The van der Waals surface area contributed by atoms with Crippen molar-refractivity contribution >= 4 is 14.0 Å². The summed E-state index contributed by atoms with van der Waals surface area (Å²) in [5.41, 5.74) is 1.65. The van der Waals surface area contributed by atoms with Crippen molar-refractivity contribution in [3.63, 3.8) is 0 Å². The predicted molar refractivity (Wildman–Crippen MR) is 71.6 cm³/mol.